The van der Waals surface area contributed by atoms with E-state index < -0.39 is 0 Å². The summed E-state index contributed by atoms with van der Waals surface area (Å²) in [6, 6.07) is 11.6. The lowest BCUT2D eigenvalue weighted by Crippen LogP contribution is -2.51. The SMILES string of the molecule is Cc1cc(C(=O)NC2(CN)CCCC2)nn1-c1ccccc1.Cl. The van der Waals surface area contributed by atoms with Gasteiger partial charge in [0, 0.05) is 12.2 Å². The summed E-state index contributed by atoms with van der Waals surface area (Å²) >= 11 is 0. The number of hydrogen-bond acceptors (Lipinski definition) is 3. The lowest BCUT2D eigenvalue weighted by Gasteiger charge is -2.28. The predicted octanol–water partition coefficient (Wildman–Crippen LogP) is 2.60. The highest BCUT2D eigenvalue weighted by atomic mass is 35.5. The molecule has 0 spiro atoms. The van der Waals surface area contributed by atoms with Crippen LogP contribution in [0.15, 0.2) is 36.4 Å². The molecule has 2 aromatic rings. The van der Waals surface area contributed by atoms with E-state index in [4.69, 9.17) is 5.73 Å². The third kappa shape index (κ3) is 3.57. The molecule has 1 amide bonds. The van der Waals surface area contributed by atoms with Crippen molar-refractivity contribution in [2.24, 2.45) is 5.73 Å². The summed E-state index contributed by atoms with van der Waals surface area (Å²) in [7, 11) is 0. The van der Waals surface area contributed by atoms with Crippen molar-refractivity contribution in [3.63, 3.8) is 0 Å². The molecule has 5 nitrogen and oxygen atoms in total. The third-order valence-corrected chi connectivity index (χ3v) is 4.45. The third-order valence-electron chi connectivity index (χ3n) is 4.45. The number of para-hydroxylation sites is 1. The molecule has 0 aliphatic heterocycles. The van der Waals surface area contributed by atoms with Crippen molar-refractivity contribution in [3.8, 4) is 5.69 Å². The molecule has 0 atom stereocenters. The van der Waals surface area contributed by atoms with Gasteiger partial charge in [0.25, 0.3) is 5.91 Å². The van der Waals surface area contributed by atoms with Crippen LogP contribution in [0.25, 0.3) is 5.69 Å². The molecule has 0 saturated heterocycles. The van der Waals surface area contributed by atoms with Gasteiger partial charge in [0.15, 0.2) is 5.69 Å². The monoisotopic (exact) mass is 334 g/mol. The molecule has 124 valence electrons. The van der Waals surface area contributed by atoms with Gasteiger partial charge in [-0.1, -0.05) is 31.0 Å². The molecule has 1 saturated carbocycles. The number of nitrogens with one attached hydrogen (secondary N) is 1. The highest BCUT2D eigenvalue weighted by molar-refractivity contribution is 5.93. The van der Waals surface area contributed by atoms with Gasteiger partial charge in [-0.05, 0) is 38.0 Å². The van der Waals surface area contributed by atoms with Gasteiger partial charge in [-0.25, -0.2) is 4.68 Å². The number of carbonyl (C=O) groups is 1. The minimum Gasteiger partial charge on any atom is -0.344 e. The van der Waals surface area contributed by atoms with Gasteiger partial charge in [0.1, 0.15) is 0 Å². The zero-order valence-corrected chi connectivity index (χ0v) is 14.1. The molecule has 0 unspecified atom stereocenters. The van der Waals surface area contributed by atoms with Crippen LogP contribution >= 0.6 is 12.4 Å². The maximum atomic E-state index is 12.5. The first kappa shape index (κ1) is 17.5. The van der Waals surface area contributed by atoms with E-state index in [0.717, 1.165) is 37.1 Å². The summed E-state index contributed by atoms with van der Waals surface area (Å²) in [5.74, 6) is -0.134. The van der Waals surface area contributed by atoms with Crippen LogP contribution in [-0.4, -0.2) is 27.8 Å². The van der Waals surface area contributed by atoms with E-state index in [9.17, 15) is 4.79 Å². The number of aryl methyl sites for hydroxylation is 1. The Bertz CT molecular complexity index is 662. The number of hydrogen-bond donors (Lipinski definition) is 2. The molecule has 3 rings (SSSR count). The standard InChI is InChI=1S/C17H22N4O.ClH/c1-13-11-15(20-21(13)14-7-3-2-4-8-14)16(22)19-17(12-18)9-5-6-10-17;/h2-4,7-8,11H,5-6,9-10,12,18H2,1H3,(H,19,22);1H. The summed E-state index contributed by atoms with van der Waals surface area (Å²) in [6.45, 7) is 2.43. The first-order chi connectivity index (χ1) is 10.6. The summed E-state index contributed by atoms with van der Waals surface area (Å²) in [6.07, 6.45) is 4.14. The van der Waals surface area contributed by atoms with Crippen LogP contribution in [0.3, 0.4) is 0 Å². The zero-order chi connectivity index (χ0) is 15.6. The van der Waals surface area contributed by atoms with Crippen molar-refractivity contribution in [3.05, 3.63) is 47.8 Å². The van der Waals surface area contributed by atoms with E-state index >= 15 is 0 Å². The van der Waals surface area contributed by atoms with E-state index in [1.807, 2.05) is 43.3 Å². The number of nitrogens with zero attached hydrogens (tertiary/aromatic N) is 2. The Kier molecular flexibility index (Phi) is 5.44. The molecule has 0 radical (unpaired) electrons. The van der Waals surface area contributed by atoms with Gasteiger partial charge in [0.2, 0.25) is 0 Å². The van der Waals surface area contributed by atoms with E-state index in [-0.39, 0.29) is 23.9 Å². The molecule has 23 heavy (non-hydrogen) atoms. The fraction of sp³-hybridized carbons (Fsp3) is 0.412. The smallest absolute Gasteiger partial charge is 0.272 e. The Labute approximate surface area is 142 Å². The van der Waals surface area contributed by atoms with Crippen LogP contribution in [0, 0.1) is 6.92 Å². The number of benzene rings is 1. The molecule has 3 N–H and O–H groups in total. The Hall–Kier alpha value is -1.85. The second-order valence-corrected chi connectivity index (χ2v) is 6.06. The number of nitrogens with two attached hydrogens (primary N) is 1. The molecular formula is C17H23ClN4O. The van der Waals surface area contributed by atoms with E-state index in [0.29, 0.717) is 12.2 Å². The number of halogens is 1. The Balaban J connectivity index is 0.00000192. The highest BCUT2D eigenvalue weighted by Gasteiger charge is 2.34. The quantitative estimate of drug-likeness (QED) is 0.902. The number of aromatic nitrogens is 2. The van der Waals surface area contributed by atoms with Crippen LogP contribution in [0.1, 0.15) is 41.9 Å². The van der Waals surface area contributed by atoms with Crippen molar-refractivity contribution >= 4 is 18.3 Å². The first-order valence-corrected chi connectivity index (χ1v) is 7.78. The van der Waals surface area contributed by atoms with E-state index in [2.05, 4.69) is 10.4 Å². The van der Waals surface area contributed by atoms with Gasteiger partial charge in [-0.15, -0.1) is 12.4 Å². The molecule has 1 aromatic heterocycles. The maximum Gasteiger partial charge on any atom is 0.272 e. The molecule has 1 aliphatic rings. The Morgan fingerprint density at radius 3 is 2.57 bits per heavy atom. The van der Waals surface area contributed by atoms with Crippen molar-refractivity contribution < 1.29 is 4.79 Å². The van der Waals surface area contributed by atoms with Gasteiger partial charge in [-0.3, -0.25) is 4.79 Å². The van der Waals surface area contributed by atoms with Crippen LogP contribution in [-0.2, 0) is 0 Å². The average molecular weight is 335 g/mol. The van der Waals surface area contributed by atoms with E-state index in [1.165, 1.54) is 0 Å². The first-order valence-electron chi connectivity index (χ1n) is 7.78. The lowest BCUT2D eigenvalue weighted by molar-refractivity contribution is 0.0897. The fourth-order valence-electron chi connectivity index (χ4n) is 3.15. The summed E-state index contributed by atoms with van der Waals surface area (Å²) in [4.78, 5) is 12.5. The molecule has 6 heteroatoms. The maximum absolute atomic E-state index is 12.5. The van der Waals surface area contributed by atoms with Crippen molar-refractivity contribution in [1.29, 1.82) is 0 Å². The van der Waals surface area contributed by atoms with Gasteiger partial charge in [-0.2, -0.15) is 5.10 Å². The molecule has 0 bridgehead atoms. The fourth-order valence-corrected chi connectivity index (χ4v) is 3.15. The topological polar surface area (TPSA) is 72.9 Å². The van der Waals surface area contributed by atoms with Crippen LogP contribution in [0.2, 0.25) is 0 Å². The van der Waals surface area contributed by atoms with Crippen molar-refractivity contribution in [2.75, 3.05) is 6.54 Å². The second-order valence-electron chi connectivity index (χ2n) is 6.06. The highest BCUT2D eigenvalue weighted by Crippen LogP contribution is 2.29. The number of amides is 1. The van der Waals surface area contributed by atoms with Crippen LogP contribution < -0.4 is 11.1 Å². The molecule has 1 fully saturated rings. The molecule has 1 heterocycles. The Morgan fingerprint density at radius 1 is 1.30 bits per heavy atom. The van der Waals surface area contributed by atoms with Crippen molar-refractivity contribution in [2.45, 2.75) is 38.1 Å². The van der Waals surface area contributed by atoms with Gasteiger partial charge >= 0.3 is 0 Å². The minimum atomic E-state index is -0.248. The van der Waals surface area contributed by atoms with Gasteiger partial charge in [0.05, 0.1) is 11.2 Å². The summed E-state index contributed by atoms with van der Waals surface area (Å²) in [5, 5.41) is 7.56. The Morgan fingerprint density at radius 2 is 1.96 bits per heavy atom. The predicted molar refractivity (Wildman–Crippen MR) is 93.3 cm³/mol. The minimum absolute atomic E-state index is 0. The average Bonchev–Trinajstić information content (AvgIpc) is 3.15. The largest absolute Gasteiger partial charge is 0.344 e. The lowest BCUT2D eigenvalue weighted by atomic mass is 9.97. The number of carbonyl (C=O) groups excluding carboxylic acids is 1. The molecule has 1 aliphatic carbocycles. The second kappa shape index (κ2) is 7.15. The molecule has 1 aromatic carbocycles. The van der Waals surface area contributed by atoms with Gasteiger partial charge < -0.3 is 11.1 Å². The number of rotatable bonds is 4. The normalized spacial score (nSPS) is 15.9. The summed E-state index contributed by atoms with van der Waals surface area (Å²) < 4.78 is 1.79. The van der Waals surface area contributed by atoms with Crippen LogP contribution in [0.4, 0.5) is 0 Å². The van der Waals surface area contributed by atoms with Crippen molar-refractivity contribution in [1.82, 2.24) is 15.1 Å². The van der Waals surface area contributed by atoms with E-state index in [1.54, 1.807) is 4.68 Å². The zero-order valence-electron chi connectivity index (χ0n) is 13.3. The summed E-state index contributed by atoms with van der Waals surface area (Å²) in [5.41, 5.74) is 7.97. The van der Waals surface area contributed by atoms with Crippen LogP contribution in [0.5, 0.6) is 0 Å². The molecular weight excluding hydrogens is 312 g/mol.